The average Bonchev–Trinajstić information content (AvgIpc) is 2.96. The van der Waals surface area contributed by atoms with Crippen LogP contribution in [0, 0.1) is 0 Å². The fourth-order valence-electron chi connectivity index (χ4n) is 3.61. The monoisotopic (exact) mass is 798 g/mol. The Morgan fingerprint density at radius 3 is 0.941 bits per heavy atom. The first-order chi connectivity index (χ1) is 23.3. The molecule has 276 valence electrons. The van der Waals surface area contributed by atoms with Gasteiger partial charge in [-0.3, -0.25) is 0 Å². The average molecular weight is 799 g/mol. The highest BCUT2D eigenvalue weighted by atomic mass is 32.2. The summed E-state index contributed by atoms with van der Waals surface area (Å²) in [5, 5.41) is 0. The standard InChI is InChI=1S/C27H15F9O12S3/c28-25(29,30)43-16-1-8-20(9-2-16)49(37,38)46-19-7-14-23(47-50(39,40)21-10-3-17(4-11-21)44-26(31,32)33)24(15-19)48-51(41,42)22-12-5-18(6-13-22)45-27(34,35)36/h1-15H. The van der Waals surface area contributed by atoms with Gasteiger partial charge < -0.3 is 26.8 Å². The number of alkyl halides is 9. The van der Waals surface area contributed by atoms with Crippen LogP contribution in [0.4, 0.5) is 39.5 Å². The third-order valence-electron chi connectivity index (χ3n) is 5.56. The molecule has 12 nitrogen and oxygen atoms in total. The zero-order chi connectivity index (χ0) is 38.0. The smallest absolute Gasteiger partial charge is 0.406 e. The van der Waals surface area contributed by atoms with E-state index in [4.69, 9.17) is 12.5 Å². The first-order valence-corrected chi connectivity index (χ1v) is 17.1. The second-order valence-electron chi connectivity index (χ2n) is 9.28. The molecule has 0 radical (unpaired) electrons. The lowest BCUT2D eigenvalue weighted by Gasteiger charge is -2.15. The van der Waals surface area contributed by atoms with E-state index in [1.54, 1.807) is 0 Å². The van der Waals surface area contributed by atoms with Gasteiger partial charge in [0.05, 0.1) is 0 Å². The number of benzene rings is 4. The van der Waals surface area contributed by atoms with Crippen LogP contribution in [0.25, 0.3) is 0 Å². The van der Waals surface area contributed by atoms with Gasteiger partial charge >= 0.3 is 49.4 Å². The van der Waals surface area contributed by atoms with Crippen LogP contribution < -0.4 is 26.8 Å². The molecule has 0 saturated heterocycles. The van der Waals surface area contributed by atoms with Crippen LogP contribution in [0.5, 0.6) is 34.5 Å². The van der Waals surface area contributed by atoms with Gasteiger partial charge in [0, 0.05) is 6.07 Å². The summed E-state index contributed by atoms with van der Waals surface area (Å²) >= 11 is 0. The van der Waals surface area contributed by atoms with Crippen molar-refractivity contribution in [1.82, 2.24) is 0 Å². The molecule has 0 atom stereocenters. The molecule has 0 aliphatic heterocycles. The SMILES string of the molecule is O=S(=O)(Oc1ccc(OS(=O)(=O)c2ccc(OC(F)(F)F)cc2)c(OS(=O)(=O)c2ccc(OC(F)(F)F)cc2)c1)c1ccc(OC(F)(F)F)cc1. The number of halogens is 9. The van der Waals surface area contributed by atoms with E-state index in [1.165, 1.54) is 0 Å². The molecule has 0 aromatic heterocycles. The van der Waals surface area contributed by atoms with E-state index in [2.05, 4.69) is 14.2 Å². The molecule has 4 aromatic rings. The minimum absolute atomic E-state index is 0.475. The van der Waals surface area contributed by atoms with Crippen molar-refractivity contribution >= 4 is 30.4 Å². The minimum Gasteiger partial charge on any atom is -0.406 e. The van der Waals surface area contributed by atoms with E-state index in [9.17, 15) is 64.8 Å². The molecule has 0 unspecified atom stereocenters. The van der Waals surface area contributed by atoms with E-state index in [1.807, 2.05) is 0 Å². The Bertz CT molecular complexity index is 2190. The zero-order valence-electron chi connectivity index (χ0n) is 24.2. The highest BCUT2D eigenvalue weighted by Crippen LogP contribution is 2.37. The summed E-state index contributed by atoms with van der Waals surface area (Å²) in [6.07, 6.45) is -15.4. The van der Waals surface area contributed by atoms with E-state index in [0.29, 0.717) is 91.0 Å². The molecule has 24 heteroatoms. The predicted molar refractivity (Wildman–Crippen MR) is 149 cm³/mol. The summed E-state index contributed by atoms with van der Waals surface area (Å²) in [6, 6.07) is 9.14. The summed E-state index contributed by atoms with van der Waals surface area (Å²) in [5.41, 5.74) is 0. The third kappa shape index (κ3) is 11.2. The quantitative estimate of drug-likeness (QED) is 0.111. The minimum atomic E-state index is -5.14. The molecule has 51 heavy (non-hydrogen) atoms. The van der Waals surface area contributed by atoms with Gasteiger partial charge in [0.2, 0.25) is 0 Å². The number of ether oxygens (including phenoxy) is 3. The summed E-state index contributed by atoms with van der Waals surface area (Å²) < 4.78 is 216. The molecule has 0 amide bonds. The Morgan fingerprint density at radius 2 is 0.627 bits per heavy atom. The first kappa shape index (κ1) is 38.7. The molecule has 0 saturated carbocycles. The summed E-state index contributed by atoms with van der Waals surface area (Å²) in [4.78, 5) is -2.38. The van der Waals surface area contributed by atoms with Crippen molar-refractivity contribution in [1.29, 1.82) is 0 Å². The van der Waals surface area contributed by atoms with Gasteiger partial charge in [-0.15, -0.1) is 39.5 Å². The maximum atomic E-state index is 13.0. The molecule has 0 heterocycles. The number of hydrogen-bond donors (Lipinski definition) is 0. The molecule has 4 rings (SSSR count). The topological polar surface area (TPSA) is 158 Å². The Labute approximate surface area is 280 Å². The van der Waals surface area contributed by atoms with Gasteiger partial charge in [0.1, 0.15) is 37.7 Å². The van der Waals surface area contributed by atoms with Crippen LogP contribution in [0.1, 0.15) is 0 Å². The van der Waals surface area contributed by atoms with Crippen molar-refractivity contribution in [3.05, 3.63) is 91.0 Å². The van der Waals surface area contributed by atoms with Crippen molar-refractivity contribution < 1.29 is 91.5 Å². The van der Waals surface area contributed by atoms with Crippen LogP contribution in [-0.2, 0) is 30.4 Å². The lowest BCUT2D eigenvalue weighted by Crippen LogP contribution is -2.17. The van der Waals surface area contributed by atoms with Crippen LogP contribution in [0.2, 0.25) is 0 Å². The highest BCUT2D eigenvalue weighted by Gasteiger charge is 2.33. The zero-order valence-corrected chi connectivity index (χ0v) is 26.6. The summed E-state index contributed by atoms with van der Waals surface area (Å²) in [7, 11) is -15.1. The molecule has 0 N–H and O–H groups in total. The van der Waals surface area contributed by atoms with Gasteiger partial charge in [0.15, 0.2) is 11.5 Å². The maximum absolute atomic E-state index is 13.0. The van der Waals surface area contributed by atoms with E-state index < -0.39 is 98.6 Å². The van der Waals surface area contributed by atoms with E-state index >= 15 is 0 Å². The normalized spacial score (nSPS) is 12.9. The molecule has 0 fully saturated rings. The van der Waals surface area contributed by atoms with Crippen LogP contribution in [-0.4, -0.2) is 44.3 Å². The van der Waals surface area contributed by atoms with Crippen molar-refractivity contribution in [3.63, 3.8) is 0 Å². The lowest BCUT2D eigenvalue weighted by atomic mass is 10.3. The Balaban J connectivity index is 1.68. The second kappa shape index (κ2) is 13.9. The summed E-state index contributed by atoms with van der Waals surface area (Å²) in [5.74, 6) is -5.39. The van der Waals surface area contributed by atoms with Gasteiger partial charge in [-0.05, 0) is 84.9 Å². The molecule has 0 aliphatic carbocycles. The van der Waals surface area contributed by atoms with Gasteiger partial charge in [-0.2, -0.15) is 25.3 Å². The Morgan fingerprint density at radius 1 is 0.353 bits per heavy atom. The van der Waals surface area contributed by atoms with Gasteiger partial charge in [-0.1, -0.05) is 0 Å². The summed E-state index contributed by atoms with van der Waals surface area (Å²) in [6.45, 7) is 0. The highest BCUT2D eigenvalue weighted by molar-refractivity contribution is 7.87. The molecule has 0 spiro atoms. The third-order valence-corrected chi connectivity index (χ3v) is 9.32. The van der Waals surface area contributed by atoms with Crippen LogP contribution in [0.3, 0.4) is 0 Å². The van der Waals surface area contributed by atoms with Crippen molar-refractivity contribution in [2.75, 3.05) is 0 Å². The Hall–Kier alpha value is -5.10. The van der Waals surface area contributed by atoms with Crippen molar-refractivity contribution in [2.24, 2.45) is 0 Å². The molecule has 0 aliphatic rings. The fourth-order valence-corrected chi connectivity index (χ4v) is 6.40. The molecular weight excluding hydrogens is 783 g/mol. The van der Waals surface area contributed by atoms with Gasteiger partial charge in [0.25, 0.3) is 0 Å². The van der Waals surface area contributed by atoms with Crippen molar-refractivity contribution in [2.45, 2.75) is 33.8 Å². The number of rotatable bonds is 12. The van der Waals surface area contributed by atoms with Crippen molar-refractivity contribution in [3.8, 4) is 34.5 Å². The number of hydrogen-bond acceptors (Lipinski definition) is 12. The largest absolute Gasteiger partial charge is 0.573 e. The molecule has 4 aromatic carbocycles. The van der Waals surface area contributed by atoms with E-state index in [-0.39, 0.29) is 0 Å². The van der Waals surface area contributed by atoms with E-state index in [0.717, 1.165) is 0 Å². The second-order valence-corrected chi connectivity index (χ2v) is 13.9. The Kier molecular flexibility index (Phi) is 10.5. The predicted octanol–water partition coefficient (Wildman–Crippen LogP) is 6.69. The first-order valence-electron chi connectivity index (χ1n) is 12.9. The van der Waals surface area contributed by atoms with Crippen LogP contribution in [0.15, 0.2) is 106 Å². The maximum Gasteiger partial charge on any atom is 0.573 e. The van der Waals surface area contributed by atoms with Crippen LogP contribution >= 0.6 is 0 Å². The lowest BCUT2D eigenvalue weighted by molar-refractivity contribution is -0.275. The van der Waals surface area contributed by atoms with Gasteiger partial charge in [-0.25, -0.2) is 0 Å². The molecule has 0 bridgehead atoms. The molecular formula is C27H15F9O12S3. The fraction of sp³-hybridized carbons (Fsp3) is 0.111.